The Bertz CT molecular complexity index is 599. The standard InChI is InChI=1S/C16H19FN2O3/c17-13-9-12(19-10-11(16(21)22)8-15(19)20)4-5-14(13)18-6-2-1-3-7-18/h4-5,9,11H,1-3,6-8,10H2,(H,21,22)/t11-/m0/s1. The minimum absolute atomic E-state index is 0.0230. The van der Waals surface area contributed by atoms with Gasteiger partial charge in [0.25, 0.3) is 0 Å². The number of carboxylic acid groups (broad SMARTS) is 1. The zero-order valence-electron chi connectivity index (χ0n) is 12.3. The molecule has 1 atom stereocenters. The predicted molar refractivity (Wildman–Crippen MR) is 80.6 cm³/mol. The minimum atomic E-state index is -0.985. The number of halogens is 1. The lowest BCUT2D eigenvalue weighted by Gasteiger charge is -2.29. The van der Waals surface area contributed by atoms with Crippen LogP contribution in [0.15, 0.2) is 18.2 Å². The predicted octanol–water partition coefficient (Wildman–Crippen LogP) is 2.25. The van der Waals surface area contributed by atoms with Crippen molar-refractivity contribution in [3.8, 4) is 0 Å². The number of hydrogen-bond acceptors (Lipinski definition) is 3. The van der Waals surface area contributed by atoms with Gasteiger partial charge in [-0.3, -0.25) is 9.59 Å². The third-order valence-electron chi connectivity index (χ3n) is 4.41. The van der Waals surface area contributed by atoms with E-state index in [9.17, 15) is 14.0 Å². The van der Waals surface area contributed by atoms with Gasteiger partial charge in [-0.1, -0.05) is 0 Å². The van der Waals surface area contributed by atoms with Crippen molar-refractivity contribution in [2.75, 3.05) is 29.4 Å². The van der Waals surface area contributed by atoms with Crippen molar-refractivity contribution in [2.24, 2.45) is 5.92 Å². The molecule has 0 bridgehead atoms. The Morgan fingerprint density at radius 1 is 1.23 bits per heavy atom. The van der Waals surface area contributed by atoms with Gasteiger partial charge in [0.1, 0.15) is 5.82 Å². The molecule has 2 saturated heterocycles. The molecule has 0 radical (unpaired) electrons. The number of hydrogen-bond donors (Lipinski definition) is 1. The number of carboxylic acids is 1. The first-order valence-corrected chi connectivity index (χ1v) is 7.64. The van der Waals surface area contributed by atoms with Crippen LogP contribution < -0.4 is 9.80 Å². The van der Waals surface area contributed by atoms with E-state index in [0.29, 0.717) is 11.4 Å². The van der Waals surface area contributed by atoms with E-state index in [2.05, 4.69) is 0 Å². The van der Waals surface area contributed by atoms with Crippen LogP contribution in [0.1, 0.15) is 25.7 Å². The van der Waals surface area contributed by atoms with Gasteiger partial charge < -0.3 is 14.9 Å². The first kappa shape index (κ1) is 14.8. The van der Waals surface area contributed by atoms with Gasteiger partial charge in [-0.25, -0.2) is 4.39 Å². The molecule has 2 aliphatic rings. The van der Waals surface area contributed by atoms with E-state index >= 15 is 0 Å². The van der Waals surface area contributed by atoms with Crippen LogP contribution in [0.2, 0.25) is 0 Å². The van der Waals surface area contributed by atoms with Crippen LogP contribution in [0.4, 0.5) is 15.8 Å². The molecule has 2 heterocycles. The summed E-state index contributed by atoms with van der Waals surface area (Å²) in [6, 6.07) is 4.73. The average Bonchev–Trinajstić information content (AvgIpc) is 2.90. The second-order valence-corrected chi connectivity index (χ2v) is 5.93. The molecule has 0 aromatic heterocycles. The molecule has 1 amide bonds. The number of rotatable bonds is 3. The highest BCUT2D eigenvalue weighted by Crippen LogP contribution is 2.30. The summed E-state index contributed by atoms with van der Waals surface area (Å²) in [5.41, 5.74) is 0.997. The highest BCUT2D eigenvalue weighted by atomic mass is 19.1. The van der Waals surface area contributed by atoms with E-state index < -0.39 is 11.9 Å². The van der Waals surface area contributed by atoms with E-state index in [1.807, 2.05) is 4.90 Å². The van der Waals surface area contributed by atoms with Gasteiger partial charge in [-0.2, -0.15) is 0 Å². The fourth-order valence-corrected chi connectivity index (χ4v) is 3.18. The Hall–Kier alpha value is -2.11. The van der Waals surface area contributed by atoms with Gasteiger partial charge in [-0.05, 0) is 37.5 Å². The summed E-state index contributed by atoms with van der Waals surface area (Å²) in [6.45, 7) is 1.80. The number of piperidine rings is 1. The van der Waals surface area contributed by atoms with Crippen molar-refractivity contribution in [2.45, 2.75) is 25.7 Å². The maximum atomic E-state index is 14.4. The van der Waals surface area contributed by atoms with Gasteiger partial charge in [0.15, 0.2) is 0 Å². The van der Waals surface area contributed by atoms with E-state index in [0.717, 1.165) is 25.9 Å². The maximum absolute atomic E-state index is 14.4. The molecule has 6 heteroatoms. The number of aliphatic carboxylic acids is 1. The summed E-state index contributed by atoms with van der Waals surface area (Å²) in [5, 5.41) is 9.00. The number of carbonyl (C=O) groups excluding carboxylic acids is 1. The SMILES string of the molecule is O=C(O)[C@H]1CC(=O)N(c2ccc(N3CCCCC3)c(F)c2)C1. The summed E-state index contributed by atoms with van der Waals surface area (Å²) in [7, 11) is 0. The van der Waals surface area contributed by atoms with Gasteiger partial charge in [0, 0.05) is 31.7 Å². The van der Waals surface area contributed by atoms with Crippen LogP contribution in [0.5, 0.6) is 0 Å². The maximum Gasteiger partial charge on any atom is 0.308 e. The molecule has 2 fully saturated rings. The molecule has 0 saturated carbocycles. The van der Waals surface area contributed by atoms with Crippen LogP contribution in [0.25, 0.3) is 0 Å². The monoisotopic (exact) mass is 306 g/mol. The minimum Gasteiger partial charge on any atom is -0.481 e. The molecule has 1 aromatic rings. The van der Waals surface area contributed by atoms with Crippen molar-refractivity contribution in [3.05, 3.63) is 24.0 Å². The third-order valence-corrected chi connectivity index (χ3v) is 4.41. The zero-order valence-corrected chi connectivity index (χ0v) is 12.3. The van der Waals surface area contributed by atoms with Crippen LogP contribution in [-0.4, -0.2) is 36.6 Å². The molecule has 1 N–H and O–H groups in total. The highest BCUT2D eigenvalue weighted by Gasteiger charge is 2.35. The van der Waals surface area contributed by atoms with Crippen molar-refractivity contribution < 1.29 is 19.1 Å². The largest absolute Gasteiger partial charge is 0.481 e. The smallest absolute Gasteiger partial charge is 0.308 e. The Balaban J connectivity index is 1.80. The number of anilines is 2. The molecule has 118 valence electrons. The van der Waals surface area contributed by atoms with Gasteiger partial charge in [-0.15, -0.1) is 0 Å². The van der Waals surface area contributed by atoms with Crippen LogP contribution in [-0.2, 0) is 9.59 Å². The lowest BCUT2D eigenvalue weighted by atomic mass is 10.1. The lowest BCUT2D eigenvalue weighted by molar-refractivity contribution is -0.141. The molecular formula is C16H19FN2O3. The Labute approximate surface area is 128 Å². The molecule has 22 heavy (non-hydrogen) atoms. The Morgan fingerprint density at radius 3 is 2.55 bits per heavy atom. The summed E-state index contributed by atoms with van der Waals surface area (Å²) in [4.78, 5) is 26.3. The van der Waals surface area contributed by atoms with Gasteiger partial charge >= 0.3 is 5.97 Å². The second kappa shape index (κ2) is 5.94. The molecule has 0 spiro atoms. The van der Waals surface area contributed by atoms with Crippen molar-refractivity contribution in [1.82, 2.24) is 0 Å². The first-order valence-electron chi connectivity index (χ1n) is 7.64. The number of amides is 1. The van der Waals surface area contributed by atoms with Crippen LogP contribution >= 0.6 is 0 Å². The summed E-state index contributed by atoms with van der Waals surface area (Å²) in [6.07, 6.45) is 3.28. The molecule has 1 aromatic carbocycles. The summed E-state index contributed by atoms with van der Waals surface area (Å²) < 4.78 is 14.4. The molecule has 0 aliphatic carbocycles. The quantitative estimate of drug-likeness (QED) is 0.930. The average molecular weight is 306 g/mol. The van der Waals surface area contributed by atoms with Crippen molar-refractivity contribution in [1.29, 1.82) is 0 Å². The van der Waals surface area contributed by atoms with Crippen molar-refractivity contribution >= 4 is 23.3 Å². The summed E-state index contributed by atoms with van der Waals surface area (Å²) in [5.74, 6) is -2.32. The lowest BCUT2D eigenvalue weighted by Crippen LogP contribution is -2.30. The zero-order chi connectivity index (χ0) is 15.7. The fraction of sp³-hybridized carbons (Fsp3) is 0.500. The van der Waals surface area contributed by atoms with E-state index in [1.54, 1.807) is 12.1 Å². The van der Waals surface area contributed by atoms with E-state index in [4.69, 9.17) is 5.11 Å². The van der Waals surface area contributed by atoms with E-state index in [1.165, 1.54) is 17.4 Å². The van der Waals surface area contributed by atoms with Gasteiger partial charge in [0.05, 0.1) is 11.6 Å². The van der Waals surface area contributed by atoms with Gasteiger partial charge in [0.2, 0.25) is 5.91 Å². The van der Waals surface area contributed by atoms with Crippen LogP contribution in [0.3, 0.4) is 0 Å². The third kappa shape index (κ3) is 2.77. The molecule has 0 unspecified atom stereocenters. The first-order chi connectivity index (χ1) is 10.6. The van der Waals surface area contributed by atoms with E-state index in [-0.39, 0.29) is 24.7 Å². The van der Waals surface area contributed by atoms with Crippen molar-refractivity contribution in [3.63, 3.8) is 0 Å². The van der Waals surface area contributed by atoms with Crippen LogP contribution in [0, 0.1) is 11.7 Å². The molecule has 3 rings (SSSR count). The molecule has 5 nitrogen and oxygen atoms in total. The molecule has 2 aliphatic heterocycles. The topological polar surface area (TPSA) is 60.9 Å². The Morgan fingerprint density at radius 2 is 1.95 bits per heavy atom. The highest BCUT2D eigenvalue weighted by molar-refractivity contribution is 5.99. The normalized spacial score (nSPS) is 22.2. The number of benzene rings is 1. The fourth-order valence-electron chi connectivity index (χ4n) is 3.18. The molecular weight excluding hydrogens is 287 g/mol. The number of carbonyl (C=O) groups is 2. The number of nitrogens with zero attached hydrogens (tertiary/aromatic N) is 2. The second-order valence-electron chi connectivity index (χ2n) is 5.93. The Kier molecular flexibility index (Phi) is 4.00. The summed E-state index contributed by atoms with van der Waals surface area (Å²) >= 11 is 0.